The first-order valence-corrected chi connectivity index (χ1v) is 10.9. The van der Waals surface area contributed by atoms with Crippen LogP contribution < -0.4 is 11.1 Å². The molecular formula is C22H18ClN5O3S. The predicted molar refractivity (Wildman–Crippen MR) is 123 cm³/mol. The second-order valence-electron chi connectivity index (χ2n) is 6.76. The highest BCUT2D eigenvalue weighted by molar-refractivity contribution is 7.99. The zero-order valence-corrected chi connectivity index (χ0v) is 18.3. The second-order valence-corrected chi connectivity index (χ2v) is 8.14. The molecule has 0 aliphatic carbocycles. The van der Waals surface area contributed by atoms with Crippen LogP contribution in [0.5, 0.6) is 0 Å². The van der Waals surface area contributed by atoms with Crippen molar-refractivity contribution < 1.29 is 14.0 Å². The molecule has 10 heteroatoms. The Morgan fingerprint density at radius 1 is 1.09 bits per heavy atom. The summed E-state index contributed by atoms with van der Waals surface area (Å²) in [7, 11) is 0. The van der Waals surface area contributed by atoms with E-state index in [1.165, 1.54) is 11.8 Å². The molecule has 8 nitrogen and oxygen atoms in total. The monoisotopic (exact) mass is 467 g/mol. The minimum absolute atomic E-state index is 0.114. The zero-order valence-electron chi connectivity index (χ0n) is 16.7. The van der Waals surface area contributed by atoms with Gasteiger partial charge in [-0.1, -0.05) is 35.5 Å². The van der Waals surface area contributed by atoms with Gasteiger partial charge in [0.1, 0.15) is 5.76 Å². The number of primary amides is 1. The Balaban J connectivity index is 1.50. The van der Waals surface area contributed by atoms with Crippen LogP contribution in [0.4, 0.5) is 5.69 Å². The number of carbonyl (C=O) groups excluding carboxylic acids is 2. The Morgan fingerprint density at radius 3 is 2.59 bits per heavy atom. The largest absolute Gasteiger partial charge is 0.467 e. The van der Waals surface area contributed by atoms with Gasteiger partial charge in [0.05, 0.1) is 18.6 Å². The van der Waals surface area contributed by atoms with E-state index in [1.807, 2.05) is 28.8 Å². The van der Waals surface area contributed by atoms with Crippen molar-refractivity contribution in [3.8, 4) is 11.4 Å². The molecule has 0 spiro atoms. The highest BCUT2D eigenvalue weighted by Crippen LogP contribution is 2.27. The van der Waals surface area contributed by atoms with Gasteiger partial charge < -0.3 is 15.5 Å². The Bertz CT molecular complexity index is 1240. The summed E-state index contributed by atoms with van der Waals surface area (Å²) in [6, 6.07) is 17.4. The molecule has 0 atom stereocenters. The van der Waals surface area contributed by atoms with E-state index in [2.05, 4.69) is 15.5 Å². The maximum absolute atomic E-state index is 12.4. The van der Waals surface area contributed by atoms with Crippen molar-refractivity contribution >= 4 is 40.9 Å². The number of halogens is 1. The molecule has 0 fully saturated rings. The molecule has 0 radical (unpaired) electrons. The fourth-order valence-corrected chi connectivity index (χ4v) is 3.91. The van der Waals surface area contributed by atoms with Crippen molar-refractivity contribution in [1.82, 2.24) is 14.8 Å². The van der Waals surface area contributed by atoms with Crippen LogP contribution in [0.1, 0.15) is 16.1 Å². The molecule has 0 aliphatic heterocycles. The number of nitrogens with one attached hydrogen (secondary N) is 1. The van der Waals surface area contributed by atoms with E-state index in [-0.39, 0.29) is 11.7 Å². The molecule has 0 bridgehead atoms. The number of thioether (sulfide) groups is 1. The first-order chi connectivity index (χ1) is 15.5. The molecule has 0 saturated heterocycles. The summed E-state index contributed by atoms with van der Waals surface area (Å²) in [5.41, 5.74) is 6.98. The number of nitrogens with two attached hydrogens (primary N) is 1. The van der Waals surface area contributed by atoms with Gasteiger partial charge in [-0.3, -0.25) is 14.2 Å². The summed E-state index contributed by atoms with van der Waals surface area (Å²) in [4.78, 5) is 23.6. The lowest BCUT2D eigenvalue weighted by Crippen LogP contribution is -2.15. The van der Waals surface area contributed by atoms with E-state index in [1.54, 1.807) is 42.7 Å². The van der Waals surface area contributed by atoms with Crippen molar-refractivity contribution in [2.75, 3.05) is 11.1 Å². The molecule has 2 aromatic heterocycles. The van der Waals surface area contributed by atoms with Gasteiger partial charge in [-0.25, -0.2) is 0 Å². The van der Waals surface area contributed by atoms with E-state index in [9.17, 15) is 9.59 Å². The summed E-state index contributed by atoms with van der Waals surface area (Å²) in [6.45, 7) is 0.403. The maximum Gasteiger partial charge on any atom is 0.248 e. The van der Waals surface area contributed by atoms with E-state index >= 15 is 0 Å². The Hall–Kier alpha value is -3.56. The third kappa shape index (κ3) is 5.19. The number of amides is 2. The van der Waals surface area contributed by atoms with E-state index in [4.69, 9.17) is 21.8 Å². The SMILES string of the molecule is NC(=O)c1ccc(NC(=O)CSc2nnc(-c3cccc(Cl)c3)n2Cc2ccco2)cc1. The summed E-state index contributed by atoms with van der Waals surface area (Å²) < 4.78 is 7.36. The number of benzene rings is 2. The number of carbonyl (C=O) groups is 2. The van der Waals surface area contributed by atoms with Gasteiger partial charge in [-0.2, -0.15) is 0 Å². The number of aromatic nitrogens is 3. The average molecular weight is 468 g/mol. The molecule has 2 amide bonds. The molecule has 0 aliphatic rings. The average Bonchev–Trinajstić information content (AvgIpc) is 3.43. The Labute approximate surface area is 192 Å². The highest BCUT2D eigenvalue weighted by atomic mass is 35.5. The smallest absolute Gasteiger partial charge is 0.248 e. The van der Waals surface area contributed by atoms with Crippen LogP contribution in [0.15, 0.2) is 76.5 Å². The molecule has 3 N–H and O–H groups in total. The lowest BCUT2D eigenvalue weighted by molar-refractivity contribution is -0.113. The van der Waals surface area contributed by atoms with Crippen LogP contribution >= 0.6 is 23.4 Å². The molecule has 162 valence electrons. The van der Waals surface area contributed by atoms with E-state index in [0.717, 1.165) is 11.3 Å². The molecule has 2 aromatic carbocycles. The van der Waals surface area contributed by atoms with Crippen molar-refractivity contribution in [1.29, 1.82) is 0 Å². The number of nitrogens with zero attached hydrogens (tertiary/aromatic N) is 3. The number of hydrogen-bond acceptors (Lipinski definition) is 6. The molecular weight excluding hydrogens is 450 g/mol. The normalized spacial score (nSPS) is 10.8. The predicted octanol–water partition coefficient (Wildman–Crippen LogP) is 4.07. The van der Waals surface area contributed by atoms with Crippen LogP contribution in [0.2, 0.25) is 5.02 Å². The number of hydrogen-bond donors (Lipinski definition) is 2. The molecule has 0 unspecified atom stereocenters. The fourth-order valence-electron chi connectivity index (χ4n) is 2.98. The summed E-state index contributed by atoms with van der Waals surface area (Å²) in [6.07, 6.45) is 1.60. The molecule has 2 heterocycles. The highest BCUT2D eigenvalue weighted by Gasteiger charge is 2.17. The lowest BCUT2D eigenvalue weighted by atomic mass is 10.2. The summed E-state index contributed by atoms with van der Waals surface area (Å²) >= 11 is 7.40. The minimum Gasteiger partial charge on any atom is -0.467 e. The van der Waals surface area contributed by atoms with Gasteiger partial charge >= 0.3 is 0 Å². The van der Waals surface area contributed by atoms with Crippen molar-refractivity contribution in [2.24, 2.45) is 5.73 Å². The fraction of sp³-hybridized carbons (Fsp3) is 0.0909. The summed E-state index contributed by atoms with van der Waals surface area (Å²) in [5.74, 6) is 0.718. The van der Waals surface area contributed by atoms with Crippen LogP contribution in [-0.4, -0.2) is 32.3 Å². The quantitative estimate of drug-likeness (QED) is 0.377. The maximum atomic E-state index is 12.4. The summed E-state index contributed by atoms with van der Waals surface area (Å²) in [5, 5.41) is 12.5. The lowest BCUT2D eigenvalue weighted by Gasteiger charge is -2.09. The van der Waals surface area contributed by atoms with E-state index in [0.29, 0.717) is 33.8 Å². The standard InChI is InChI=1S/C22H18ClN5O3S/c23-16-4-1-3-15(11-16)21-26-27-22(28(21)12-18-5-2-10-31-18)32-13-19(29)25-17-8-6-14(7-9-17)20(24)30/h1-11H,12-13H2,(H2,24,30)(H,25,29). The Morgan fingerprint density at radius 2 is 1.91 bits per heavy atom. The van der Waals surface area contributed by atoms with E-state index < -0.39 is 5.91 Å². The van der Waals surface area contributed by atoms with Gasteiger partial charge in [0.25, 0.3) is 0 Å². The zero-order chi connectivity index (χ0) is 22.5. The van der Waals surface area contributed by atoms with Gasteiger partial charge in [-0.05, 0) is 48.5 Å². The third-order valence-electron chi connectivity index (χ3n) is 4.48. The topological polar surface area (TPSA) is 116 Å². The molecule has 4 aromatic rings. The van der Waals surface area contributed by atoms with Crippen molar-refractivity contribution in [3.05, 3.63) is 83.3 Å². The van der Waals surface area contributed by atoms with Crippen LogP contribution in [0.25, 0.3) is 11.4 Å². The molecule has 4 rings (SSSR count). The third-order valence-corrected chi connectivity index (χ3v) is 5.68. The van der Waals surface area contributed by atoms with Crippen LogP contribution in [-0.2, 0) is 11.3 Å². The molecule has 0 saturated carbocycles. The van der Waals surface area contributed by atoms with Gasteiger partial charge in [-0.15, -0.1) is 10.2 Å². The first kappa shape index (κ1) is 21.7. The Kier molecular flexibility index (Phi) is 6.58. The second kappa shape index (κ2) is 9.71. The number of anilines is 1. The van der Waals surface area contributed by atoms with Gasteiger partial charge in [0, 0.05) is 21.8 Å². The van der Waals surface area contributed by atoms with Crippen molar-refractivity contribution in [2.45, 2.75) is 11.7 Å². The molecule has 32 heavy (non-hydrogen) atoms. The number of furan rings is 1. The van der Waals surface area contributed by atoms with Crippen LogP contribution in [0.3, 0.4) is 0 Å². The van der Waals surface area contributed by atoms with Gasteiger partial charge in [0.2, 0.25) is 11.8 Å². The minimum atomic E-state index is -0.523. The van der Waals surface area contributed by atoms with Crippen molar-refractivity contribution in [3.63, 3.8) is 0 Å². The first-order valence-electron chi connectivity index (χ1n) is 9.53. The van der Waals surface area contributed by atoms with Gasteiger partial charge in [0.15, 0.2) is 11.0 Å². The van der Waals surface area contributed by atoms with Crippen LogP contribution in [0, 0.1) is 0 Å². The number of rotatable bonds is 8.